The molecule has 2 rings (SSSR count). The molecule has 1 fully saturated rings. The summed E-state index contributed by atoms with van der Waals surface area (Å²) in [7, 11) is 2.13. The summed E-state index contributed by atoms with van der Waals surface area (Å²) in [5, 5.41) is 0. The van der Waals surface area contributed by atoms with Gasteiger partial charge in [-0.2, -0.15) is 0 Å². The monoisotopic (exact) mass is 341 g/mol. The number of hydrogen-bond acceptors (Lipinski definition) is 5. The van der Waals surface area contributed by atoms with E-state index in [1.807, 2.05) is 13.8 Å². The fraction of sp³-hybridized carbons (Fsp3) is 0.588. The zero-order valence-electron chi connectivity index (χ0n) is 14.1. The Morgan fingerprint density at radius 1 is 1.17 bits per heavy atom. The highest BCUT2D eigenvalue weighted by atomic mass is 35.5. The minimum atomic E-state index is -0.273. The van der Waals surface area contributed by atoms with E-state index in [0.717, 1.165) is 38.5 Å². The molecule has 130 valence electrons. The number of esters is 1. The number of carbonyl (C=O) groups is 1. The molecule has 0 radical (unpaired) electrons. The van der Waals surface area contributed by atoms with Crippen molar-refractivity contribution in [1.29, 1.82) is 0 Å². The molecule has 0 saturated carbocycles. The Balaban J connectivity index is 0.00000264. The van der Waals surface area contributed by atoms with Crippen LogP contribution >= 0.6 is 0 Å². The first-order valence-corrected chi connectivity index (χ1v) is 7.93. The lowest BCUT2D eigenvalue weighted by molar-refractivity contribution is -0.0000481. The second kappa shape index (κ2) is 9.75. The van der Waals surface area contributed by atoms with Gasteiger partial charge in [-0.05, 0) is 45.2 Å². The molecule has 1 aromatic rings. The molecule has 23 heavy (non-hydrogen) atoms. The van der Waals surface area contributed by atoms with Crippen LogP contribution in [0.2, 0.25) is 0 Å². The van der Waals surface area contributed by atoms with Gasteiger partial charge < -0.3 is 26.8 Å². The predicted molar refractivity (Wildman–Crippen MR) is 86.4 cm³/mol. The van der Waals surface area contributed by atoms with Crippen molar-refractivity contribution in [2.24, 2.45) is 0 Å². The van der Waals surface area contributed by atoms with E-state index in [1.165, 1.54) is 0 Å². The highest BCUT2D eigenvalue weighted by Crippen LogP contribution is 2.14. The third-order valence-electron chi connectivity index (χ3n) is 3.82. The fourth-order valence-electron chi connectivity index (χ4n) is 2.54. The number of rotatable bonds is 6. The van der Waals surface area contributed by atoms with Gasteiger partial charge in [0.25, 0.3) is 0 Å². The van der Waals surface area contributed by atoms with Gasteiger partial charge in [-0.25, -0.2) is 4.79 Å². The molecule has 0 N–H and O–H groups in total. The lowest BCUT2D eigenvalue weighted by Gasteiger charge is -2.33. The Labute approximate surface area is 145 Å². The Morgan fingerprint density at radius 3 is 2.35 bits per heavy atom. The van der Waals surface area contributed by atoms with E-state index in [-0.39, 0.29) is 24.5 Å². The molecule has 1 unspecified atom stereocenters. The van der Waals surface area contributed by atoms with E-state index in [9.17, 15) is 4.79 Å². The summed E-state index contributed by atoms with van der Waals surface area (Å²) in [5.41, 5.74) is 0.564. The number of ether oxygens (including phenoxy) is 2. The quantitative estimate of drug-likeness (QED) is 0.613. The molecule has 0 spiro atoms. The summed E-state index contributed by atoms with van der Waals surface area (Å²) < 4.78 is 10.9. The van der Waals surface area contributed by atoms with Crippen LogP contribution in [0.25, 0.3) is 0 Å². The molecule has 0 aliphatic carbocycles. The van der Waals surface area contributed by atoms with Gasteiger partial charge in [0.2, 0.25) is 0 Å². The maximum atomic E-state index is 12.1. The van der Waals surface area contributed by atoms with E-state index in [0.29, 0.717) is 12.2 Å². The van der Waals surface area contributed by atoms with Crippen molar-refractivity contribution < 1.29 is 26.7 Å². The Kier molecular flexibility index (Phi) is 8.37. The van der Waals surface area contributed by atoms with E-state index >= 15 is 0 Å². The first-order chi connectivity index (χ1) is 10.6. The predicted octanol–water partition coefficient (Wildman–Crippen LogP) is -1.12. The number of benzene rings is 1. The van der Waals surface area contributed by atoms with Crippen LogP contribution in [0.4, 0.5) is 0 Å². The van der Waals surface area contributed by atoms with Crippen molar-refractivity contribution >= 4 is 5.97 Å². The molecule has 1 aromatic carbocycles. The number of nitrogens with zero attached hydrogens (tertiary/aromatic N) is 2. The van der Waals surface area contributed by atoms with Crippen molar-refractivity contribution in [2.45, 2.75) is 20.0 Å². The Hall–Kier alpha value is -1.30. The molecule has 0 aromatic heterocycles. The van der Waals surface area contributed by atoms with Crippen LogP contribution in [-0.4, -0.2) is 68.3 Å². The van der Waals surface area contributed by atoms with Crippen LogP contribution in [0.3, 0.4) is 0 Å². The third kappa shape index (κ3) is 6.37. The summed E-state index contributed by atoms with van der Waals surface area (Å²) in [6, 6.07) is 7.09. The van der Waals surface area contributed by atoms with Crippen molar-refractivity contribution in [3.05, 3.63) is 29.8 Å². The van der Waals surface area contributed by atoms with Crippen LogP contribution in [-0.2, 0) is 4.74 Å². The van der Waals surface area contributed by atoms with Gasteiger partial charge in [0, 0.05) is 32.7 Å². The van der Waals surface area contributed by atoms with E-state index in [2.05, 4.69) is 16.8 Å². The molecule has 1 aliphatic rings. The van der Waals surface area contributed by atoms with Gasteiger partial charge in [0.15, 0.2) is 0 Å². The van der Waals surface area contributed by atoms with Crippen molar-refractivity contribution in [1.82, 2.24) is 9.80 Å². The minimum absolute atomic E-state index is 0. The van der Waals surface area contributed by atoms with Gasteiger partial charge in [0.05, 0.1) is 12.2 Å². The molecule has 5 nitrogen and oxygen atoms in total. The first-order valence-electron chi connectivity index (χ1n) is 7.93. The lowest BCUT2D eigenvalue weighted by Crippen LogP contribution is -3.00. The average molecular weight is 342 g/mol. The largest absolute Gasteiger partial charge is 1.00 e. The summed E-state index contributed by atoms with van der Waals surface area (Å²) in [6.07, 6.45) is -0.109. The van der Waals surface area contributed by atoms with Gasteiger partial charge in [-0.15, -0.1) is 0 Å². The zero-order valence-corrected chi connectivity index (χ0v) is 14.9. The number of piperazine rings is 1. The smallest absolute Gasteiger partial charge is 0.338 e. The maximum Gasteiger partial charge on any atom is 0.338 e. The number of hydrogen-bond donors (Lipinski definition) is 0. The minimum Gasteiger partial charge on any atom is -1.00 e. The molecule has 0 amide bonds. The third-order valence-corrected chi connectivity index (χ3v) is 3.82. The van der Waals surface area contributed by atoms with Crippen LogP contribution in [0.1, 0.15) is 24.2 Å². The van der Waals surface area contributed by atoms with Crippen LogP contribution in [0.15, 0.2) is 24.3 Å². The van der Waals surface area contributed by atoms with Crippen molar-refractivity contribution in [3.8, 4) is 5.75 Å². The summed E-state index contributed by atoms with van der Waals surface area (Å²) in [6.45, 7) is 9.48. The summed E-state index contributed by atoms with van der Waals surface area (Å²) in [4.78, 5) is 16.8. The van der Waals surface area contributed by atoms with Gasteiger partial charge in [-0.3, -0.25) is 4.90 Å². The molecule has 1 saturated heterocycles. The second-order valence-corrected chi connectivity index (χ2v) is 5.78. The average Bonchev–Trinajstić information content (AvgIpc) is 2.50. The normalized spacial score (nSPS) is 17.2. The summed E-state index contributed by atoms with van der Waals surface area (Å²) >= 11 is 0. The van der Waals surface area contributed by atoms with Crippen LogP contribution in [0.5, 0.6) is 5.75 Å². The Bertz CT molecular complexity index is 473. The molecule has 1 aliphatic heterocycles. The molecular formula is C17H26ClN2O3-. The maximum absolute atomic E-state index is 12.1. The molecule has 1 heterocycles. The van der Waals surface area contributed by atoms with Gasteiger partial charge in [-0.1, -0.05) is 0 Å². The number of likely N-dealkylation sites (N-methyl/N-ethyl adjacent to an activating group) is 1. The van der Waals surface area contributed by atoms with Crippen molar-refractivity contribution in [2.75, 3.05) is 46.4 Å². The second-order valence-electron chi connectivity index (χ2n) is 5.78. The zero-order chi connectivity index (χ0) is 15.9. The van der Waals surface area contributed by atoms with Gasteiger partial charge in [0.1, 0.15) is 11.9 Å². The van der Waals surface area contributed by atoms with Crippen molar-refractivity contribution in [3.63, 3.8) is 0 Å². The molecule has 1 atom stereocenters. The van der Waals surface area contributed by atoms with Crippen LogP contribution in [0, 0.1) is 0 Å². The van der Waals surface area contributed by atoms with E-state index in [4.69, 9.17) is 9.47 Å². The Morgan fingerprint density at radius 2 is 1.78 bits per heavy atom. The molecular weight excluding hydrogens is 316 g/mol. The molecule has 0 bridgehead atoms. The van der Waals surface area contributed by atoms with E-state index in [1.54, 1.807) is 24.3 Å². The van der Waals surface area contributed by atoms with Gasteiger partial charge >= 0.3 is 5.97 Å². The van der Waals surface area contributed by atoms with E-state index < -0.39 is 0 Å². The van der Waals surface area contributed by atoms with Crippen LogP contribution < -0.4 is 17.1 Å². The SMILES string of the molecule is CCOc1ccc(C(=O)OC(C)CN2CCN(C)CC2)cc1.[Cl-]. The highest BCUT2D eigenvalue weighted by Gasteiger charge is 2.18. The standard InChI is InChI=1S/C17H26N2O3.ClH/c1-4-21-16-7-5-15(6-8-16)17(20)22-14(2)13-19-11-9-18(3)10-12-19;/h5-8,14H,4,9-13H2,1-3H3;1H/p-1. The molecule has 6 heteroatoms. The number of halogens is 1. The highest BCUT2D eigenvalue weighted by molar-refractivity contribution is 5.89. The summed E-state index contributed by atoms with van der Waals surface area (Å²) in [5.74, 6) is 0.495. The topological polar surface area (TPSA) is 42.0 Å². The number of carbonyl (C=O) groups excluding carboxylic acids is 1. The lowest BCUT2D eigenvalue weighted by atomic mass is 10.2. The first kappa shape index (κ1) is 19.7. The fourth-order valence-corrected chi connectivity index (χ4v) is 2.54.